The average molecular weight is 334 g/mol. The van der Waals surface area contributed by atoms with Crippen molar-refractivity contribution in [2.24, 2.45) is 0 Å². The third-order valence-electron chi connectivity index (χ3n) is 2.84. The number of nitrogens with two attached hydrogens (primary N) is 1. The zero-order valence-corrected chi connectivity index (χ0v) is 11.6. The lowest BCUT2D eigenvalue weighted by molar-refractivity contribution is -0.383. The van der Waals surface area contributed by atoms with E-state index in [-0.39, 0.29) is 11.4 Å². The topological polar surface area (TPSA) is 95.2 Å². The van der Waals surface area contributed by atoms with E-state index in [1.807, 2.05) is 12.1 Å². The number of benzene rings is 2. The van der Waals surface area contributed by atoms with Crippen LogP contribution in [-0.2, 0) is 0 Å². The third-order valence-corrected chi connectivity index (χ3v) is 3.47. The molecule has 0 aliphatic carbocycles. The van der Waals surface area contributed by atoms with Gasteiger partial charge in [-0.1, -0.05) is 6.07 Å². The van der Waals surface area contributed by atoms with Gasteiger partial charge in [0.15, 0.2) is 5.58 Å². The van der Waals surface area contributed by atoms with Crippen molar-refractivity contribution in [3.8, 4) is 11.5 Å². The van der Waals surface area contributed by atoms with Crippen LogP contribution in [0.2, 0.25) is 0 Å². The minimum absolute atomic E-state index is 0.107. The molecular formula is C13H8BrN3O3. The standard InChI is InChI=1S/C13H8BrN3O3/c14-8-2-1-3-10-12(8)20-13(16-10)7-4-5-9(15)11(6-7)17(18)19/h1-6H,15H2. The Morgan fingerprint density at radius 2 is 2.10 bits per heavy atom. The number of para-hydroxylation sites is 1. The molecule has 1 heterocycles. The van der Waals surface area contributed by atoms with Crippen LogP contribution in [-0.4, -0.2) is 9.91 Å². The Morgan fingerprint density at radius 3 is 2.80 bits per heavy atom. The van der Waals surface area contributed by atoms with E-state index in [1.54, 1.807) is 12.1 Å². The Bertz CT molecular complexity index is 829. The average Bonchev–Trinajstić information content (AvgIpc) is 2.84. The quantitative estimate of drug-likeness (QED) is 0.437. The first-order chi connectivity index (χ1) is 9.56. The first-order valence-electron chi connectivity index (χ1n) is 5.65. The fourth-order valence-corrected chi connectivity index (χ4v) is 2.31. The molecule has 2 N–H and O–H groups in total. The van der Waals surface area contributed by atoms with E-state index in [0.717, 1.165) is 4.47 Å². The van der Waals surface area contributed by atoms with Crippen LogP contribution in [0.25, 0.3) is 22.6 Å². The number of nitrogens with zero attached hydrogens (tertiary/aromatic N) is 2. The number of nitrogen functional groups attached to an aromatic ring is 1. The van der Waals surface area contributed by atoms with E-state index in [9.17, 15) is 10.1 Å². The predicted octanol–water partition coefficient (Wildman–Crippen LogP) is 3.75. The Balaban J connectivity index is 2.18. The van der Waals surface area contributed by atoms with Gasteiger partial charge >= 0.3 is 0 Å². The number of aromatic nitrogens is 1. The number of nitro benzene ring substituents is 1. The summed E-state index contributed by atoms with van der Waals surface area (Å²) in [4.78, 5) is 14.7. The number of nitro groups is 1. The molecule has 0 radical (unpaired) electrons. The van der Waals surface area contributed by atoms with Gasteiger partial charge in [-0.05, 0) is 40.2 Å². The maximum absolute atomic E-state index is 10.9. The van der Waals surface area contributed by atoms with E-state index in [4.69, 9.17) is 10.2 Å². The first kappa shape index (κ1) is 12.6. The largest absolute Gasteiger partial charge is 0.435 e. The van der Waals surface area contributed by atoms with Crippen molar-refractivity contribution in [2.75, 3.05) is 5.73 Å². The van der Waals surface area contributed by atoms with Gasteiger partial charge in [0.1, 0.15) is 11.2 Å². The van der Waals surface area contributed by atoms with Crippen LogP contribution in [0.3, 0.4) is 0 Å². The zero-order chi connectivity index (χ0) is 14.3. The Hall–Kier alpha value is -2.41. The summed E-state index contributed by atoms with van der Waals surface area (Å²) in [6, 6.07) is 9.94. The van der Waals surface area contributed by atoms with E-state index >= 15 is 0 Å². The van der Waals surface area contributed by atoms with Crippen molar-refractivity contribution in [1.29, 1.82) is 0 Å². The molecule has 7 heteroatoms. The van der Waals surface area contributed by atoms with Crippen LogP contribution in [0.15, 0.2) is 45.3 Å². The summed E-state index contributed by atoms with van der Waals surface area (Å²) in [6.07, 6.45) is 0. The van der Waals surface area contributed by atoms with Gasteiger partial charge in [0, 0.05) is 11.6 Å². The van der Waals surface area contributed by atoms with Crippen molar-refractivity contribution in [3.05, 3.63) is 51.0 Å². The van der Waals surface area contributed by atoms with Crippen LogP contribution in [0.1, 0.15) is 0 Å². The number of fused-ring (bicyclic) bond motifs is 1. The fourth-order valence-electron chi connectivity index (χ4n) is 1.87. The third kappa shape index (κ3) is 2.01. The van der Waals surface area contributed by atoms with E-state index < -0.39 is 4.92 Å². The molecule has 0 bridgehead atoms. The van der Waals surface area contributed by atoms with Gasteiger partial charge in [-0.25, -0.2) is 4.98 Å². The molecule has 0 unspecified atom stereocenters. The molecule has 0 fully saturated rings. The molecule has 100 valence electrons. The highest BCUT2D eigenvalue weighted by Crippen LogP contribution is 2.32. The number of hydrogen-bond donors (Lipinski definition) is 1. The number of rotatable bonds is 2. The van der Waals surface area contributed by atoms with Crippen LogP contribution in [0.5, 0.6) is 0 Å². The highest BCUT2D eigenvalue weighted by molar-refractivity contribution is 9.10. The molecule has 20 heavy (non-hydrogen) atoms. The highest BCUT2D eigenvalue weighted by atomic mass is 79.9. The smallest absolute Gasteiger partial charge is 0.292 e. The van der Waals surface area contributed by atoms with Gasteiger partial charge in [0.2, 0.25) is 5.89 Å². The molecule has 0 aliphatic heterocycles. The number of hydrogen-bond acceptors (Lipinski definition) is 5. The monoisotopic (exact) mass is 333 g/mol. The van der Waals surface area contributed by atoms with E-state index in [1.165, 1.54) is 12.1 Å². The molecule has 0 saturated heterocycles. The van der Waals surface area contributed by atoms with Gasteiger partial charge in [-0.15, -0.1) is 0 Å². The van der Waals surface area contributed by atoms with E-state index in [2.05, 4.69) is 20.9 Å². The van der Waals surface area contributed by atoms with Crippen LogP contribution < -0.4 is 5.73 Å². The lowest BCUT2D eigenvalue weighted by Crippen LogP contribution is -1.95. The molecule has 3 aromatic rings. The summed E-state index contributed by atoms with van der Waals surface area (Å²) in [6.45, 7) is 0. The Labute approximate surface area is 121 Å². The predicted molar refractivity (Wildman–Crippen MR) is 78.2 cm³/mol. The normalized spacial score (nSPS) is 10.8. The summed E-state index contributed by atoms with van der Waals surface area (Å²) in [5.74, 6) is 0.315. The summed E-state index contributed by atoms with van der Waals surface area (Å²) in [5, 5.41) is 10.9. The van der Waals surface area contributed by atoms with Crippen molar-refractivity contribution in [2.45, 2.75) is 0 Å². The Morgan fingerprint density at radius 1 is 1.30 bits per heavy atom. The summed E-state index contributed by atoms with van der Waals surface area (Å²) in [7, 11) is 0. The maximum atomic E-state index is 10.9. The minimum Gasteiger partial charge on any atom is -0.435 e. The van der Waals surface area contributed by atoms with Crippen molar-refractivity contribution < 1.29 is 9.34 Å². The van der Waals surface area contributed by atoms with Crippen LogP contribution >= 0.6 is 15.9 Å². The molecule has 3 rings (SSSR count). The summed E-state index contributed by atoms with van der Waals surface area (Å²) < 4.78 is 6.41. The zero-order valence-electron chi connectivity index (χ0n) is 10.0. The second kappa shape index (κ2) is 4.61. The molecule has 0 spiro atoms. The number of halogens is 1. The Kier molecular flexibility index (Phi) is 2.90. The van der Waals surface area contributed by atoms with Crippen molar-refractivity contribution in [3.63, 3.8) is 0 Å². The molecule has 0 atom stereocenters. The highest BCUT2D eigenvalue weighted by Gasteiger charge is 2.16. The number of oxazole rings is 1. The molecule has 2 aromatic carbocycles. The minimum atomic E-state index is -0.530. The van der Waals surface area contributed by atoms with Crippen molar-refractivity contribution in [1.82, 2.24) is 4.98 Å². The molecular weight excluding hydrogens is 326 g/mol. The summed E-state index contributed by atoms with van der Waals surface area (Å²) >= 11 is 3.37. The van der Waals surface area contributed by atoms with Crippen molar-refractivity contribution >= 4 is 38.4 Å². The second-order valence-corrected chi connectivity index (χ2v) is 4.99. The SMILES string of the molecule is Nc1ccc(-c2nc3cccc(Br)c3o2)cc1[N+](=O)[O-]. The van der Waals surface area contributed by atoms with Gasteiger partial charge < -0.3 is 10.2 Å². The molecule has 0 aliphatic rings. The van der Waals surface area contributed by atoms with Gasteiger partial charge in [-0.2, -0.15) is 0 Å². The second-order valence-electron chi connectivity index (χ2n) is 4.14. The fraction of sp³-hybridized carbons (Fsp3) is 0. The van der Waals surface area contributed by atoms with Crippen LogP contribution in [0, 0.1) is 10.1 Å². The maximum Gasteiger partial charge on any atom is 0.292 e. The molecule has 6 nitrogen and oxygen atoms in total. The number of anilines is 1. The summed E-state index contributed by atoms with van der Waals surface area (Å²) in [5.41, 5.74) is 7.29. The first-order valence-corrected chi connectivity index (χ1v) is 6.45. The lowest BCUT2D eigenvalue weighted by Gasteiger charge is -1.99. The molecule has 0 amide bonds. The van der Waals surface area contributed by atoms with Gasteiger partial charge in [-0.3, -0.25) is 10.1 Å². The van der Waals surface area contributed by atoms with Crippen LogP contribution in [0.4, 0.5) is 11.4 Å². The van der Waals surface area contributed by atoms with E-state index in [0.29, 0.717) is 22.6 Å². The lowest BCUT2D eigenvalue weighted by atomic mass is 10.2. The van der Waals surface area contributed by atoms with Gasteiger partial charge in [0.05, 0.1) is 9.40 Å². The van der Waals surface area contributed by atoms with Gasteiger partial charge in [0.25, 0.3) is 5.69 Å². The molecule has 0 saturated carbocycles. The molecule has 1 aromatic heterocycles.